The molecule has 1 saturated heterocycles. The van der Waals surface area contributed by atoms with Crippen molar-refractivity contribution in [3.05, 3.63) is 40.6 Å². The maximum Gasteiger partial charge on any atom is 0.317 e. The van der Waals surface area contributed by atoms with Crippen LogP contribution in [0.3, 0.4) is 0 Å². The molecule has 0 spiro atoms. The number of fused-ring (bicyclic) bond motifs is 1. The number of aliphatic hydroxyl groups is 3. The summed E-state index contributed by atoms with van der Waals surface area (Å²) in [6, 6.07) is 5.11. The van der Waals surface area contributed by atoms with Crippen molar-refractivity contribution in [3.8, 4) is 40.1 Å². The van der Waals surface area contributed by atoms with Crippen LogP contribution >= 0.6 is 0 Å². The van der Waals surface area contributed by atoms with Crippen molar-refractivity contribution >= 4 is 22.9 Å². The van der Waals surface area contributed by atoms with Gasteiger partial charge in [0.25, 0.3) is 0 Å². The van der Waals surface area contributed by atoms with Crippen LogP contribution in [-0.4, -0.2) is 90.1 Å². The van der Waals surface area contributed by atoms with Gasteiger partial charge in [-0.15, -0.1) is 0 Å². The third-order valence-electron chi connectivity index (χ3n) is 5.77. The Morgan fingerprint density at radius 3 is 2.31 bits per heavy atom. The predicted octanol–water partition coefficient (Wildman–Crippen LogP) is -0.513. The van der Waals surface area contributed by atoms with Gasteiger partial charge in [-0.05, 0) is 18.2 Å². The number of benzene rings is 2. The largest absolute Gasteiger partial charge is 0.508 e. The summed E-state index contributed by atoms with van der Waals surface area (Å²) in [6.45, 7) is -0.883. The first-order chi connectivity index (χ1) is 18.4. The number of phenolic OH excluding ortho intramolecular Hbond substituents is 4. The van der Waals surface area contributed by atoms with E-state index in [2.05, 4.69) is 0 Å². The van der Waals surface area contributed by atoms with Gasteiger partial charge in [0.15, 0.2) is 29.5 Å². The number of aromatic hydroxyl groups is 4. The molecule has 1 aliphatic heterocycles. The number of esters is 1. The summed E-state index contributed by atoms with van der Waals surface area (Å²) >= 11 is 0. The van der Waals surface area contributed by atoms with Crippen LogP contribution in [0, 0.1) is 0 Å². The number of aliphatic hydroxyl groups excluding tert-OH is 3. The highest BCUT2D eigenvalue weighted by Crippen LogP contribution is 2.39. The van der Waals surface area contributed by atoms with Crippen molar-refractivity contribution in [1.82, 2.24) is 0 Å². The molecule has 15 heteroatoms. The average molecular weight is 550 g/mol. The Hall–Kier alpha value is -4.57. The van der Waals surface area contributed by atoms with E-state index in [9.17, 15) is 50.1 Å². The zero-order chi connectivity index (χ0) is 28.6. The summed E-state index contributed by atoms with van der Waals surface area (Å²) in [4.78, 5) is 36.2. The highest BCUT2D eigenvalue weighted by atomic mass is 16.7. The normalized spacial score (nSPS) is 22.9. The monoisotopic (exact) mass is 550 g/mol. The van der Waals surface area contributed by atoms with Gasteiger partial charge in [-0.3, -0.25) is 14.4 Å². The topological polar surface area (TPSA) is 254 Å². The molecule has 0 saturated carbocycles. The molecule has 3 aromatic rings. The third kappa shape index (κ3) is 5.37. The van der Waals surface area contributed by atoms with Crippen LogP contribution < -0.4 is 10.2 Å². The van der Waals surface area contributed by atoms with Gasteiger partial charge in [0.05, 0.1) is 6.61 Å². The molecule has 39 heavy (non-hydrogen) atoms. The van der Waals surface area contributed by atoms with E-state index in [1.54, 1.807) is 0 Å². The van der Waals surface area contributed by atoms with E-state index in [-0.39, 0.29) is 11.1 Å². The lowest BCUT2D eigenvalue weighted by Gasteiger charge is -2.41. The van der Waals surface area contributed by atoms with Crippen molar-refractivity contribution in [3.63, 3.8) is 0 Å². The first kappa shape index (κ1) is 27.5. The molecule has 8 N–H and O–H groups in total. The third-order valence-corrected chi connectivity index (χ3v) is 5.77. The van der Waals surface area contributed by atoms with E-state index in [1.165, 1.54) is 6.07 Å². The van der Waals surface area contributed by atoms with E-state index in [0.29, 0.717) is 0 Å². The van der Waals surface area contributed by atoms with Crippen LogP contribution in [0.25, 0.3) is 22.3 Å². The number of rotatable bonds is 7. The number of carboxylic acid groups (broad SMARTS) is 1. The summed E-state index contributed by atoms with van der Waals surface area (Å²) in [5.41, 5.74) is -1.43. The number of aliphatic carboxylic acids is 1. The highest BCUT2D eigenvalue weighted by molar-refractivity contribution is 5.90. The van der Waals surface area contributed by atoms with Gasteiger partial charge in [-0.2, -0.15) is 0 Å². The minimum atomic E-state index is -2.05. The maximum absolute atomic E-state index is 13.5. The second-order valence-corrected chi connectivity index (χ2v) is 8.48. The second kappa shape index (κ2) is 10.7. The van der Waals surface area contributed by atoms with Gasteiger partial charge in [0.2, 0.25) is 17.5 Å². The van der Waals surface area contributed by atoms with Crippen LogP contribution in [-0.2, 0) is 19.1 Å². The Balaban J connectivity index is 1.83. The lowest BCUT2D eigenvalue weighted by Crippen LogP contribution is -2.61. The summed E-state index contributed by atoms with van der Waals surface area (Å²) < 4.78 is 21.5. The molecule has 1 aromatic heterocycles. The number of hydrogen-bond donors (Lipinski definition) is 8. The molecule has 1 fully saturated rings. The number of hydrogen-bond acceptors (Lipinski definition) is 14. The van der Waals surface area contributed by atoms with Crippen molar-refractivity contribution in [2.75, 3.05) is 6.61 Å². The first-order valence-electron chi connectivity index (χ1n) is 11.2. The lowest BCUT2D eigenvalue weighted by molar-refractivity contribution is -0.281. The maximum atomic E-state index is 13.5. The van der Waals surface area contributed by atoms with E-state index in [4.69, 9.17) is 23.7 Å². The summed E-state index contributed by atoms with van der Waals surface area (Å²) in [7, 11) is 0. The van der Waals surface area contributed by atoms with E-state index in [1.807, 2.05) is 0 Å². The molecule has 4 rings (SSSR count). The molecule has 1 unspecified atom stereocenters. The minimum absolute atomic E-state index is 0.0596. The zero-order valence-corrected chi connectivity index (χ0v) is 19.6. The molecule has 5 atom stereocenters. The molecule has 15 nitrogen and oxygen atoms in total. The van der Waals surface area contributed by atoms with Crippen molar-refractivity contribution < 1.29 is 69.1 Å². The lowest BCUT2D eigenvalue weighted by atomic mass is 9.99. The Labute approximate surface area is 216 Å². The minimum Gasteiger partial charge on any atom is -0.508 e. The highest BCUT2D eigenvalue weighted by Gasteiger charge is 2.48. The van der Waals surface area contributed by atoms with E-state index < -0.39 is 101 Å². The fraction of sp³-hybridized carbons (Fsp3) is 0.292. The molecule has 0 aliphatic carbocycles. The zero-order valence-electron chi connectivity index (χ0n) is 19.6. The summed E-state index contributed by atoms with van der Waals surface area (Å²) in [5.74, 6) is -6.37. The number of carbonyl (C=O) groups is 2. The van der Waals surface area contributed by atoms with Gasteiger partial charge >= 0.3 is 11.9 Å². The van der Waals surface area contributed by atoms with Crippen molar-refractivity contribution in [1.29, 1.82) is 0 Å². The van der Waals surface area contributed by atoms with Gasteiger partial charge in [0, 0.05) is 17.7 Å². The summed E-state index contributed by atoms with van der Waals surface area (Å²) in [5, 5.41) is 78.9. The molecule has 2 heterocycles. The predicted molar refractivity (Wildman–Crippen MR) is 125 cm³/mol. The Bertz CT molecular complexity index is 1480. The van der Waals surface area contributed by atoms with Crippen LogP contribution in [0.2, 0.25) is 0 Å². The van der Waals surface area contributed by atoms with Crippen LogP contribution in [0.5, 0.6) is 28.7 Å². The molecular weight excluding hydrogens is 528 g/mol. The Kier molecular flexibility index (Phi) is 7.51. The van der Waals surface area contributed by atoms with Crippen LogP contribution in [0.1, 0.15) is 6.42 Å². The SMILES string of the molecule is O=C(O)CC(=O)O[C@H]1[C@H](O)[C@@H](CO)OC(Oc2c(-c3ccc(O)c(O)c3)oc3cc(O)cc(O)c3c2=O)[C@@H]1O. The van der Waals surface area contributed by atoms with Crippen molar-refractivity contribution in [2.45, 2.75) is 37.1 Å². The number of carbonyl (C=O) groups excluding carboxylic acids is 1. The van der Waals surface area contributed by atoms with E-state index >= 15 is 0 Å². The number of carboxylic acids is 1. The fourth-order valence-corrected chi connectivity index (χ4v) is 3.95. The fourth-order valence-electron chi connectivity index (χ4n) is 3.95. The quantitative estimate of drug-likeness (QED) is 0.105. The second-order valence-electron chi connectivity index (χ2n) is 8.48. The van der Waals surface area contributed by atoms with Crippen LogP contribution in [0.4, 0.5) is 0 Å². The molecule has 1 aliphatic rings. The number of ether oxygens (including phenoxy) is 3. The smallest absolute Gasteiger partial charge is 0.317 e. The summed E-state index contributed by atoms with van der Waals surface area (Å²) in [6.07, 6.45) is -10.4. The standard InChI is InChI=1S/C24H22O15/c25-7-14-18(33)22(38-16(32)6-15(30)31)20(35)24(37-14)39-23-19(34)17-12(29)4-9(26)5-13(17)36-21(23)8-1-2-10(27)11(28)3-8/h1-5,14,18,20,22,24-29,33,35H,6-7H2,(H,30,31)/t14-,18-,20-,22+,24?/m1/s1. The Morgan fingerprint density at radius 1 is 0.949 bits per heavy atom. The van der Waals surface area contributed by atoms with Gasteiger partial charge in [-0.25, -0.2) is 0 Å². The Morgan fingerprint density at radius 2 is 1.67 bits per heavy atom. The molecule has 0 radical (unpaired) electrons. The van der Waals surface area contributed by atoms with Crippen LogP contribution in [0.15, 0.2) is 39.5 Å². The van der Waals surface area contributed by atoms with Gasteiger partial charge in [0.1, 0.15) is 41.1 Å². The number of phenols is 4. The van der Waals surface area contributed by atoms with E-state index in [0.717, 1.165) is 24.3 Å². The average Bonchev–Trinajstić information content (AvgIpc) is 2.85. The molecular formula is C24H22O15. The van der Waals surface area contributed by atoms with Gasteiger partial charge < -0.3 is 59.5 Å². The van der Waals surface area contributed by atoms with Gasteiger partial charge in [-0.1, -0.05) is 0 Å². The molecule has 0 amide bonds. The molecule has 2 aromatic carbocycles. The molecule has 208 valence electrons. The molecule has 0 bridgehead atoms. The first-order valence-corrected chi connectivity index (χ1v) is 11.2. The van der Waals surface area contributed by atoms with Crippen molar-refractivity contribution in [2.24, 2.45) is 0 Å².